The Morgan fingerprint density at radius 1 is 1.00 bits per heavy atom. The van der Waals surface area contributed by atoms with Crippen LogP contribution in [0.4, 0.5) is 4.39 Å². The predicted molar refractivity (Wildman–Crippen MR) is 92.4 cm³/mol. The van der Waals surface area contributed by atoms with Gasteiger partial charge in [-0.1, -0.05) is 30.3 Å². The van der Waals surface area contributed by atoms with Gasteiger partial charge in [-0.25, -0.2) is 4.39 Å². The van der Waals surface area contributed by atoms with Crippen LogP contribution in [0.2, 0.25) is 0 Å². The quantitative estimate of drug-likeness (QED) is 0.750. The maximum atomic E-state index is 13.6. The normalized spacial score (nSPS) is 10.5. The van der Waals surface area contributed by atoms with Gasteiger partial charge in [-0.15, -0.1) is 0 Å². The number of rotatable bonds is 6. The van der Waals surface area contributed by atoms with E-state index in [1.165, 1.54) is 11.0 Å². The molecule has 24 heavy (non-hydrogen) atoms. The van der Waals surface area contributed by atoms with Gasteiger partial charge in [-0.2, -0.15) is 0 Å². The molecule has 2 aromatic carbocycles. The molecule has 0 heterocycles. The van der Waals surface area contributed by atoms with Crippen LogP contribution in [0, 0.1) is 19.7 Å². The van der Waals surface area contributed by atoms with Gasteiger partial charge in [0.15, 0.2) is 5.78 Å². The van der Waals surface area contributed by atoms with Crippen molar-refractivity contribution in [2.24, 2.45) is 0 Å². The fraction of sp³-hybridized carbons (Fsp3) is 0.300. The number of halogens is 1. The van der Waals surface area contributed by atoms with Crippen molar-refractivity contribution in [3.8, 4) is 0 Å². The largest absolute Gasteiger partial charge is 0.341 e. The van der Waals surface area contributed by atoms with E-state index in [1.54, 1.807) is 31.3 Å². The predicted octanol–water partition coefficient (Wildman–Crippen LogP) is 4.06. The van der Waals surface area contributed by atoms with Crippen LogP contribution in [0.3, 0.4) is 0 Å². The highest BCUT2D eigenvalue weighted by Crippen LogP contribution is 2.14. The lowest BCUT2D eigenvalue weighted by Crippen LogP contribution is -2.27. The summed E-state index contributed by atoms with van der Waals surface area (Å²) < 4.78 is 13.6. The van der Waals surface area contributed by atoms with Crippen LogP contribution in [0.1, 0.15) is 39.9 Å². The second-order valence-electron chi connectivity index (χ2n) is 6.06. The van der Waals surface area contributed by atoms with Crippen molar-refractivity contribution in [1.82, 2.24) is 4.90 Å². The second kappa shape index (κ2) is 7.86. The van der Waals surface area contributed by atoms with Gasteiger partial charge in [-0.05, 0) is 37.1 Å². The van der Waals surface area contributed by atoms with E-state index < -0.39 is 0 Å². The fourth-order valence-electron chi connectivity index (χ4n) is 2.44. The van der Waals surface area contributed by atoms with Gasteiger partial charge in [0, 0.05) is 37.6 Å². The van der Waals surface area contributed by atoms with Crippen LogP contribution in [0.5, 0.6) is 0 Å². The molecule has 0 aliphatic carbocycles. The first-order valence-electron chi connectivity index (χ1n) is 7.96. The smallest absolute Gasteiger partial charge is 0.223 e. The third-order valence-corrected chi connectivity index (χ3v) is 4.19. The molecule has 0 N–H and O–H groups in total. The van der Waals surface area contributed by atoms with E-state index in [9.17, 15) is 14.0 Å². The molecular weight excluding hydrogens is 305 g/mol. The summed E-state index contributed by atoms with van der Waals surface area (Å²) in [6.45, 7) is 4.15. The maximum Gasteiger partial charge on any atom is 0.223 e. The summed E-state index contributed by atoms with van der Waals surface area (Å²) in [6, 6.07) is 11.9. The fourth-order valence-corrected chi connectivity index (χ4v) is 2.44. The topological polar surface area (TPSA) is 37.4 Å². The molecule has 0 radical (unpaired) electrons. The zero-order valence-corrected chi connectivity index (χ0v) is 14.3. The molecular formula is C20H22FNO2. The summed E-state index contributed by atoms with van der Waals surface area (Å²) >= 11 is 0. The molecule has 0 saturated heterocycles. The number of amides is 1. The van der Waals surface area contributed by atoms with Crippen molar-refractivity contribution in [2.75, 3.05) is 7.05 Å². The van der Waals surface area contributed by atoms with Crippen LogP contribution >= 0.6 is 0 Å². The van der Waals surface area contributed by atoms with Crippen molar-refractivity contribution in [3.05, 3.63) is 70.5 Å². The van der Waals surface area contributed by atoms with Crippen LogP contribution in [-0.4, -0.2) is 23.6 Å². The van der Waals surface area contributed by atoms with E-state index in [0.29, 0.717) is 11.1 Å². The standard InChI is InChI=1S/C20H22FNO2/c1-14-8-9-16(12-15(14)2)19(23)10-11-20(24)22(3)13-17-6-4-5-7-18(17)21/h4-9,12H,10-11,13H2,1-3H3. The molecule has 126 valence electrons. The Labute approximate surface area is 142 Å². The van der Waals surface area contributed by atoms with Crippen molar-refractivity contribution < 1.29 is 14.0 Å². The molecule has 1 amide bonds. The van der Waals surface area contributed by atoms with Crippen molar-refractivity contribution in [1.29, 1.82) is 0 Å². The average Bonchev–Trinajstić information content (AvgIpc) is 2.56. The van der Waals surface area contributed by atoms with E-state index in [4.69, 9.17) is 0 Å². The molecule has 2 aromatic rings. The second-order valence-corrected chi connectivity index (χ2v) is 6.06. The Morgan fingerprint density at radius 2 is 1.71 bits per heavy atom. The van der Waals surface area contributed by atoms with Crippen LogP contribution < -0.4 is 0 Å². The molecule has 0 atom stereocenters. The molecule has 0 aromatic heterocycles. The molecule has 0 unspecified atom stereocenters. The Bertz CT molecular complexity index is 755. The zero-order valence-electron chi connectivity index (χ0n) is 14.3. The number of hydrogen-bond donors (Lipinski definition) is 0. The molecule has 2 rings (SSSR count). The molecule has 0 bridgehead atoms. The van der Waals surface area contributed by atoms with Crippen LogP contribution in [-0.2, 0) is 11.3 Å². The molecule has 0 fully saturated rings. The van der Waals surface area contributed by atoms with E-state index in [0.717, 1.165) is 11.1 Å². The Hall–Kier alpha value is -2.49. The number of hydrogen-bond acceptors (Lipinski definition) is 2. The molecule has 0 aliphatic heterocycles. The lowest BCUT2D eigenvalue weighted by Gasteiger charge is -2.17. The van der Waals surface area contributed by atoms with Crippen molar-refractivity contribution in [3.63, 3.8) is 0 Å². The van der Waals surface area contributed by atoms with Gasteiger partial charge in [-0.3, -0.25) is 9.59 Å². The van der Waals surface area contributed by atoms with E-state index in [-0.39, 0.29) is 36.9 Å². The number of ketones is 1. The minimum absolute atomic E-state index is 0.0502. The van der Waals surface area contributed by atoms with Gasteiger partial charge in [0.25, 0.3) is 0 Å². The molecule has 4 heteroatoms. The first-order chi connectivity index (χ1) is 11.4. The molecule has 0 aliphatic rings. The molecule has 0 spiro atoms. The van der Waals surface area contributed by atoms with Crippen LogP contribution in [0.25, 0.3) is 0 Å². The Balaban J connectivity index is 1.91. The SMILES string of the molecule is Cc1ccc(C(=O)CCC(=O)N(C)Cc2ccccc2F)cc1C. The Morgan fingerprint density at radius 3 is 2.38 bits per heavy atom. The van der Waals surface area contributed by atoms with Gasteiger partial charge in [0.05, 0.1) is 0 Å². The Kier molecular flexibility index (Phi) is 5.85. The number of nitrogens with zero attached hydrogens (tertiary/aromatic N) is 1. The highest BCUT2D eigenvalue weighted by Gasteiger charge is 2.14. The average molecular weight is 327 g/mol. The summed E-state index contributed by atoms with van der Waals surface area (Å²) in [4.78, 5) is 25.8. The highest BCUT2D eigenvalue weighted by atomic mass is 19.1. The monoisotopic (exact) mass is 327 g/mol. The summed E-state index contributed by atoms with van der Waals surface area (Å²) in [6.07, 6.45) is 0.277. The first-order valence-corrected chi connectivity index (χ1v) is 7.96. The highest BCUT2D eigenvalue weighted by molar-refractivity contribution is 5.98. The zero-order chi connectivity index (χ0) is 17.7. The number of Topliss-reactive ketones (excluding diaryl/α,β-unsaturated/α-hetero) is 1. The van der Waals surface area contributed by atoms with Gasteiger partial charge in [0.1, 0.15) is 5.82 Å². The minimum atomic E-state index is -0.330. The summed E-state index contributed by atoms with van der Waals surface area (Å²) in [5.74, 6) is -0.551. The third kappa shape index (κ3) is 4.51. The molecule has 3 nitrogen and oxygen atoms in total. The number of carbonyl (C=O) groups excluding carboxylic acids is 2. The maximum absolute atomic E-state index is 13.6. The summed E-state index contributed by atoms with van der Waals surface area (Å²) in [5.41, 5.74) is 3.28. The lowest BCUT2D eigenvalue weighted by atomic mass is 10.0. The number of benzene rings is 2. The van der Waals surface area contributed by atoms with Crippen molar-refractivity contribution >= 4 is 11.7 Å². The van der Waals surface area contributed by atoms with Crippen molar-refractivity contribution in [2.45, 2.75) is 33.2 Å². The van der Waals surface area contributed by atoms with Gasteiger partial charge >= 0.3 is 0 Å². The minimum Gasteiger partial charge on any atom is -0.341 e. The third-order valence-electron chi connectivity index (χ3n) is 4.19. The van der Waals surface area contributed by atoms with Gasteiger partial charge < -0.3 is 4.90 Å². The lowest BCUT2D eigenvalue weighted by molar-refractivity contribution is -0.130. The summed E-state index contributed by atoms with van der Waals surface area (Å²) in [5, 5.41) is 0. The number of aryl methyl sites for hydroxylation is 2. The molecule has 0 saturated carbocycles. The van der Waals surface area contributed by atoms with E-state index in [2.05, 4.69) is 0 Å². The van der Waals surface area contributed by atoms with Crippen LogP contribution in [0.15, 0.2) is 42.5 Å². The summed E-state index contributed by atoms with van der Waals surface area (Å²) in [7, 11) is 1.62. The van der Waals surface area contributed by atoms with Gasteiger partial charge in [0.2, 0.25) is 5.91 Å². The first kappa shape index (κ1) is 17.9. The van der Waals surface area contributed by atoms with E-state index >= 15 is 0 Å². The number of carbonyl (C=O) groups is 2. The van der Waals surface area contributed by atoms with E-state index in [1.807, 2.05) is 26.0 Å².